The van der Waals surface area contributed by atoms with E-state index < -0.39 is 5.69 Å². The summed E-state index contributed by atoms with van der Waals surface area (Å²) in [6.45, 7) is 1.84. The fourth-order valence-corrected chi connectivity index (χ4v) is 3.46. The molecule has 4 aromatic rings. The van der Waals surface area contributed by atoms with Crippen molar-refractivity contribution in [2.45, 2.75) is 13.5 Å². The first kappa shape index (κ1) is 19.4. The van der Waals surface area contributed by atoms with Crippen LogP contribution in [0.4, 0.5) is 17.2 Å². The third-order valence-corrected chi connectivity index (χ3v) is 4.93. The fourth-order valence-electron chi connectivity index (χ4n) is 3.46. The quantitative estimate of drug-likeness (QED) is 0.549. The second-order valence-electron chi connectivity index (χ2n) is 7.13. The van der Waals surface area contributed by atoms with E-state index in [1.54, 1.807) is 0 Å². The first-order valence-corrected chi connectivity index (χ1v) is 9.68. The number of benzene rings is 3. The molecule has 0 aliphatic carbocycles. The van der Waals surface area contributed by atoms with Gasteiger partial charge in [-0.05, 0) is 48.9 Å². The van der Waals surface area contributed by atoms with E-state index in [-0.39, 0.29) is 12.5 Å². The molecule has 0 saturated heterocycles. The van der Waals surface area contributed by atoms with E-state index in [1.807, 2.05) is 97.7 Å². The number of aryl methyl sites for hydroxylation is 1. The summed E-state index contributed by atoms with van der Waals surface area (Å²) in [6, 6.07) is 24.7. The minimum absolute atomic E-state index is 0.115. The highest BCUT2D eigenvalue weighted by atomic mass is 16.2. The molecule has 30 heavy (non-hydrogen) atoms. The van der Waals surface area contributed by atoms with Crippen molar-refractivity contribution in [1.29, 1.82) is 0 Å². The Morgan fingerprint density at radius 3 is 2.50 bits per heavy atom. The van der Waals surface area contributed by atoms with Crippen molar-refractivity contribution in [2.24, 2.45) is 0 Å². The van der Waals surface area contributed by atoms with E-state index in [1.165, 1.54) is 4.57 Å². The lowest BCUT2D eigenvalue weighted by Crippen LogP contribution is -2.31. The number of fused-ring (bicyclic) bond motifs is 1. The summed E-state index contributed by atoms with van der Waals surface area (Å²) in [6.07, 6.45) is 0. The van der Waals surface area contributed by atoms with Crippen LogP contribution in [0.5, 0.6) is 0 Å². The molecule has 6 nitrogen and oxygen atoms in total. The Labute approximate surface area is 174 Å². The van der Waals surface area contributed by atoms with Crippen molar-refractivity contribution in [2.75, 3.05) is 17.3 Å². The number of amides is 1. The normalized spacial score (nSPS) is 10.7. The van der Waals surface area contributed by atoms with Gasteiger partial charge in [-0.1, -0.05) is 42.5 Å². The minimum Gasteiger partial charge on any atom is -0.329 e. The maximum Gasteiger partial charge on any atom is 0.350 e. The first-order valence-electron chi connectivity index (χ1n) is 9.68. The Morgan fingerprint density at radius 1 is 1.00 bits per heavy atom. The van der Waals surface area contributed by atoms with Crippen molar-refractivity contribution >= 4 is 34.0 Å². The van der Waals surface area contributed by atoms with Crippen LogP contribution in [0.25, 0.3) is 10.9 Å². The number of nitrogens with one attached hydrogen (secondary N) is 1. The number of hydrogen-bond donors (Lipinski definition) is 1. The topological polar surface area (TPSA) is 67.2 Å². The van der Waals surface area contributed by atoms with Gasteiger partial charge in [0.25, 0.3) is 0 Å². The summed E-state index contributed by atoms with van der Waals surface area (Å²) in [5.74, 6) is 0.274. The molecule has 1 heterocycles. The highest BCUT2D eigenvalue weighted by Gasteiger charge is 2.16. The van der Waals surface area contributed by atoms with Crippen LogP contribution in [0, 0.1) is 6.92 Å². The molecule has 0 spiro atoms. The largest absolute Gasteiger partial charge is 0.350 e. The Bertz CT molecular complexity index is 1270. The molecule has 0 atom stereocenters. The molecule has 0 unspecified atom stereocenters. The molecule has 0 aliphatic heterocycles. The average molecular weight is 398 g/mol. The van der Waals surface area contributed by atoms with Crippen LogP contribution in [0.15, 0.2) is 83.7 Å². The zero-order chi connectivity index (χ0) is 21.1. The van der Waals surface area contributed by atoms with Gasteiger partial charge < -0.3 is 10.2 Å². The van der Waals surface area contributed by atoms with E-state index in [0.29, 0.717) is 17.0 Å². The van der Waals surface area contributed by atoms with Gasteiger partial charge in [-0.25, -0.2) is 4.79 Å². The number of carbonyl (C=O) groups is 1. The number of aromatic nitrogens is 2. The third kappa shape index (κ3) is 3.93. The summed E-state index contributed by atoms with van der Waals surface area (Å²) in [5, 5.41) is 3.65. The van der Waals surface area contributed by atoms with Crippen molar-refractivity contribution in [1.82, 2.24) is 9.55 Å². The monoisotopic (exact) mass is 398 g/mol. The minimum atomic E-state index is -0.467. The third-order valence-electron chi connectivity index (χ3n) is 4.93. The van der Waals surface area contributed by atoms with Crippen LogP contribution in [0.3, 0.4) is 0 Å². The van der Waals surface area contributed by atoms with E-state index in [0.717, 1.165) is 16.6 Å². The SMILES string of the molecule is Cc1cccc(NC(=O)Cn2c(=O)nc(N(C)c3ccccc3)c3ccccc32)c1. The fraction of sp³-hybridized carbons (Fsp3) is 0.125. The summed E-state index contributed by atoms with van der Waals surface area (Å²) < 4.78 is 1.41. The number of rotatable bonds is 5. The van der Waals surface area contributed by atoms with Gasteiger partial charge in [0.1, 0.15) is 12.4 Å². The van der Waals surface area contributed by atoms with Gasteiger partial charge >= 0.3 is 5.69 Å². The smallest absolute Gasteiger partial charge is 0.329 e. The van der Waals surface area contributed by atoms with E-state index >= 15 is 0 Å². The van der Waals surface area contributed by atoms with E-state index in [9.17, 15) is 9.59 Å². The van der Waals surface area contributed by atoms with Gasteiger partial charge in [0.05, 0.1) is 5.52 Å². The molecule has 1 amide bonds. The van der Waals surface area contributed by atoms with Crippen LogP contribution in [0.1, 0.15) is 5.56 Å². The molecule has 0 saturated carbocycles. The van der Waals surface area contributed by atoms with Gasteiger partial charge in [0, 0.05) is 23.8 Å². The number of nitrogens with zero attached hydrogens (tertiary/aromatic N) is 3. The van der Waals surface area contributed by atoms with Crippen molar-refractivity contribution in [3.05, 3.63) is 94.9 Å². The van der Waals surface area contributed by atoms with Crippen LogP contribution in [-0.4, -0.2) is 22.5 Å². The lowest BCUT2D eigenvalue weighted by molar-refractivity contribution is -0.116. The zero-order valence-corrected chi connectivity index (χ0v) is 16.9. The predicted octanol–water partition coefficient (Wildman–Crippen LogP) is 4.11. The van der Waals surface area contributed by atoms with Gasteiger partial charge in [0.15, 0.2) is 0 Å². The summed E-state index contributed by atoms with van der Waals surface area (Å²) in [7, 11) is 1.87. The van der Waals surface area contributed by atoms with Crippen LogP contribution in [0.2, 0.25) is 0 Å². The number of hydrogen-bond acceptors (Lipinski definition) is 4. The van der Waals surface area contributed by atoms with Crippen molar-refractivity contribution < 1.29 is 4.79 Å². The predicted molar refractivity (Wildman–Crippen MR) is 120 cm³/mol. The van der Waals surface area contributed by atoms with Gasteiger partial charge in [-0.3, -0.25) is 9.36 Å². The molecular formula is C24H22N4O2. The highest BCUT2D eigenvalue weighted by molar-refractivity contribution is 5.94. The molecule has 0 radical (unpaired) electrons. The maximum atomic E-state index is 12.9. The van der Waals surface area contributed by atoms with Gasteiger partial charge in [-0.15, -0.1) is 0 Å². The molecule has 1 aromatic heterocycles. The van der Waals surface area contributed by atoms with E-state index in [4.69, 9.17) is 0 Å². The van der Waals surface area contributed by atoms with Gasteiger partial charge in [-0.2, -0.15) is 4.98 Å². The number of carbonyl (C=O) groups excluding carboxylic acids is 1. The Morgan fingerprint density at radius 2 is 1.73 bits per heavy atom. The lowest BCUT2D eigenvalue weighted by atomic mass is 10.2. The summed E-state index contributed by atoms with van der Waals surface area (Å²) >= 11 is 0. The van der Waals surface area contributed by atoms with Crippen molar-refractivity contribution in [3.63, 3.8) is 0 Å². The highest BCUT2D eigenvalue weighted by Crippen LogP contribution is 2.27. The molecule has 1 N–H and O–H groups in total. The number of anilines is 3. The van der Waals surface area contributed by atoms with E-state index in [2.05, 4.69) is 10.3 Å². The zero-order valence-electron chi connectivity index (χ0n) is 16.9. The maximum absolute atomic E-state index is 12.9. The van der Waals surface area contributed by atoms with Crippen molar-refractivity contribution in [3.8, 4) is 0 Å². The van der Waals surface area contributed by atoms with Crippen LogP contribution >= 0.6 is 0 Å². The molecule has 3 aromatic carbocycles. The molecule has 0 bridgehead atoms. The Balaban J connectivity index is 1.71. The standard InChI is InChI=1S/C24H22N4O2/c1-17-9-8-10-18(15-17)25-22(29)16-28-21-14-7-6-13-20(21)23(26-24(28)30)27(2)19-11-4-3-5-12-19/h3-15H,16H2,1-2H3,(H,25,29). The molecule has 4 rings (SSSR count). The number of para-hydroxylation sites is 2. The molecule has 6 heteroatoms. The first-order chi connectivity index (χ1) is 14.5. The van der Waals surface area contributed by atoms with Crippen LogP contribution in [-0.2, 0) is 11.3 Å². The molecule has 0 aliphatic rings. The second-order valence-corrected chi connectivity index (χ2v) is 7.13. The Hall–Kier alpha value is -3.93. The van der Waals surface area contributed by atoms with Crippen LogP contribution < -0.4 is 15.9 Å². The second kappa shape index (κ2) is 8.21. The molecule has 0 fully saturated rings. The average Bonchev–Trinajstić information content (AvgIpc) is 2.75. The Kier molecular flexibility index (Phi) is 5.30. The molecular weight excluding hydrogens is 376 g/mol. The summed E-state index contributed by atoms with van der Waals surface area (Å²) in [4.78, 5) is 31.7. The van der Waals surface area contributed by atoms with Gasteiger partial charge in [0.2, 0.25) is 5.91 Å². The summed E-state index contributed by atoms with van der Waals surface area (Å²) in [5.41, 5.74) is 2.86. The lowest BCUT2D eigenvalue weighted by Gasteiger charge is -2.21. The molecule has 150 valence electrons.